The van der Waals surface area contributed by atoms with Crippen LogP contribution in [0.25, 0.3) is 0 Å². The molecule has 1 aromatic heterocycles. The van der Waals surface area contributed by atoms with Crippen molar-refractivity contribution < 1.29 is 14.0 Å². The van der Waals surface area contributed by atoms with Crippen molar-refractivity contribution >= 4 is 11.8 Å². The molecule has 2 aliphatic rings. The van der Waals surface area contributed by atoms with Gasteiger partial charge in [-0.3, -0.25) is 14.5 Å². The zero-order chi connectivity index (χ0) is 14.4. The first-order chi connectivity index (χ1) is 9.50. The molecule has 0 unspecified atom stereocenters. The fourth-order valence-corrected chi connectivity index (χ4v) is 2.71. The van der Waals surface area contributed by atoms with Gasteiger partial charge in [-0.1, -0.05) is 24.3 Å². The molecule has 1 aliphatic carbocycles. The van der Waals surface area contributed by atoms with Crippen LogP contribution in [-0.2, 0) is 23.2 Å². The van der Waals surface area contributed by atoms with E-state index >= 15 is 0 Å². The van der Waals surface area contributed by atoms with Crippen molar-refractivity contribution in [2.45, 2.75) is 13.5 Å². The summed E-state index contributed by atoms with van der Waals surface area (Å²) in [4.78, 5) is 25.6. The molecule has 3 rings (SSSR count). The van der Waals surface area contributed by atoms with Gasteiger partial charge >= 0.3 is 0 Å². The van der Waals surface area contributed by atoms with Gasteiger partial charge < -0.3 is 0 Å². The van der Waals surface area contributed by atoms with E-state index < -0.39 is 17.8 Å². The number of likely N-dealkylation sites (tertiary alicyclic amines) is 1. The third-order valence-corrected chi connectivity index (χ3v) is 3.82. The van der Waals surface area contributed by atoms with Crippen LogP contribution >= 0.6 is 0 Å². The summed E-state index contributed by atoms with van der Waals surface area (Å²) in [6.45, 7) is 1.61. The number of hydrogen-bond acceptors (Lipinski definition) is 3. The number of imide groups is 1. The maximum atomic E-state index is 13.9. The van der Waals surface area contributed by atoms with Crippen LogP contribution in [0.15, 0.2) is 24.3 Å². The molecule has 5 nitrogen and oxygen atoms in total. The Morgan fingerprint density at radius 2 is 1.75 bits per heavy atom. The topological polar surface area (TPSA) is 55.2 Å². The van der Waals surface area contributed by atoms with Crippen molar-refractivity contribution in [1.29, 1.82) is 0 Å². The molecule has 0 radical (unpaired) electrons. The summed E-state index contributed by atoms with van der Waals surface area (Å²) in [5.41, 5.74) is 0.785. The highest BCUT2D eigenvalue weighted by molar-refractivity contribution is 6.07. The predicted octanol–water partition coefficient (Wildman–Crippen LogP) is 1.09. The molecule has 20 heavy (non-hydrogen) atoms. The van der Waals surface area contributed by atoms with Gasteiger partial charge in [-0.05, 0) is 6.92 Å². The number of allylic oxidation sites excluding steroid dienone is 2. The fourth-order valence-electron chi connectivity index (χ4n) is 2.71. The van der Waals surface area contributed by atoms with Crippen LogP contribution in [0.2, 0.25) is 0 Å². The van der Waals surface area contributed by atoms with Crippen molar-refractivity contribution in [1.82, 2.24) is 14.7 Å². The molecule has 6 heteroatoms. The first kappa shape index (κ1) is 12.8. The summed E-state index contributed by atoms with van der Waals surface area (Å²) in [5, 5.41) is 3.96. The molecule has 0 saturated carbocycles. The van der Waals surface area contributed by atoms with Gasteiger partial charge in [0.15, 0.2) is 0 Å². The van der Waals surface area contributed by atoms with Gasteiger partial charge in [-0.15, -0.1) is 0 Å². The van der Waals surface area contributed by atoms with Crippen molar-refractivity contribution in [2.75, 3.05) is 0 Å². The lowest BCUT2D eigenvalue weighted by molar-refractivity contribution is -0.140. The van der Waals surface area contributed by atoms with Gasteiger partial charge in [0.1, 0.15) is 0 Å². The summed E-state index contributed by atoms with van der Waals surface area (Å²) < 4.78 is 15.0. The van der Waals surface area contributed by atoms with Gasteiger partial charge in [-0.2, -0.15) is 9.49 Å². The van der Waals surface area contributed by atoms with Gasteiger partial charge in [0.2, 0.25) is 17.8 Å². The number of amides is 2. The van der Waals surface area contributed by atoms with E-state index in [4.69, 9.17) is 0 Å². The Morgan fingerprint density at radius 3 is 2.20 bits per heavy atom. The van der Waals surface area contributed by atoms with Crippen molar-refractivity contribution in [3.05, 3.63) is 41.5 Å². The van der Waals surface area contributed by atoms with Crippen LogP contribution in [0.5, 0.6) is 0 Å². The summed E-state index contributed by atoms with van der Waals surface area (Å²) in [5.74, 6) is -1.96. The standard InChI is InChI=1S/C14H14FN3O2/c1-8-11(12(15)17(2)16-8)7-18-13(19)9-5-3-4-6-10(9)14(18)20/h3-6,9-10H,7H2,1-2H3/t9-,10+. The molecular weight excluding hydrogens is 261 g/mol. The van der Waals surface area contributed by atoms with Crippen LogP contribution in [0.1, 0.15) is 11.3 Å². The molecule has 0 N–H and O–H groups in total. The van der Waals surface area contributed by atoms with Crippen LogP contribution in [0.3, 0.4) is 0 Å². The van der Waals surface area contributed by atoms with Crippen LogP contribution in [-0.4, -0.2) is 26.5 Å². The molecule has 1 fully saturated rings. The Hall–Kier alpha value is -2.24. The fraction of sp³-hybridized carbons (Fsp3) is 0.357. The number of halogens is 1. The molecule has 2 heterocycles. The quantitative estimate of drug-likeness (QED) is 0.759. The summed E-state index contributed by atoms with van der Waals surface area (Å²) in [7, 11) is 1.49. The number of aromatic nitrogens is 2. The minimum Gasteiger partial charge on any atom is -0.277 e. The van der Waals surface area contributed by atoms with Gasteiger partial charge in [0, 0.05) is 12.6 Å². The first-order valence-corrected chi connectivity index (χ1v) is 6.39. The van der Waals surface area contributed by atoms with Crippen molar-refractivity contribution in [2.24, 2.45) is 18.9 Å². The van der Waals surface area contributed by atoms with E-state index in [1.54, 1.807) is 31.2 Å². The molecular formula is C14H14FN3O2. The Balaban J connectivity index is 1.92. The van der Waals surface area contributed by atoms with E-state index in [9.17, 15) is 14.0 Å². The number of carbonyl (C=O) groups is 2. The minimum atomic E-state index is -0.510. The number of nitrogens with zero attached hydrogens (tertiary/aromatic N) is 3. The number of hydrogen-bond donors (Lipinski definition) is 0. The molecule has 2 amide bonds. The summed E-state index contributed by atoms with van der Waals surface area (Å²) in [6.07, 6.45) is 6.95. The Bertz CT molecular complexity index is 630. The van der Waals surface area contributed by atoms with Gasteiger partial charge in [0.25, 0.3) is 0 Å². The Kier molecular flexibility index (Phi) is 2.81. The van der Waals surface area contributed by atoms with E-state index in [2.05, 4.69) is 5.10 Å². The molecule has 104 valence electrons. The third kappa shape index (κ3) is 1.71. The number of rotatable bonds is 2. The zero-order valence-electron chi connectivity index (χ0n) is 11.2. The second kappa shape index (κ2) is 4.40. The van der Waals surface area contributed by atoms with Crippen LogP contribution in [0, 0.1) is 24.7 Å². The van der Waals surface area contributed by atoms with Crippen LogP contribution < -0.4 is 0 Å². The minimum absolute atomic E-state index is 0.0577. The van der Waals surface area contributed by atoms with E-state index in [0.29, 0.717) is 11.3 Å². The SMILES string of the molecule is Cc1nn(C)c(F)c1CN1C(=O)[C@H]2C=CC=C[C@H]2C1=O. The highest BCUT2D eigenvalue weighted by Gasteiger charge is 2.45. The Morgan fingerprint density at radius 1 is 1.20 bits per heavy atom. The molecule has 1 aliphatic heterocycles. The average molecular weight is 275 g/mol. The van der Waals surface area contributed by atoms with Crippen molar-refractivity contribution in [3.8, 4) is 0 Å². The normalized spacial score (nSPS) is 24.6. The maximum absolute atomic E-state index is 13.9. The van der Waals surface area contributed by atoms with Gasteiger partial charge in [0.05, 0.1) is 24.1 Å². The predicted molar refractivity (Wildman–Crippen MR) is 68.7 cm³/mol. The molecule has 2 atom stereocenters. The lowest BCUT2D eigenvalue weighted by atomic mass is 9.91. The lowest BCUT2D eigenvalue weighted by Crippen LogP contribution is -2.30. The van der Waals surface area contributed by atoms with E-state index in [0.717, 1.165) is 9.58 Å². The summed E-state index contributed by atoms with van der Waals surface area (Å²) >= 11 is 0. The monoisotopic (exact) mass is 275 g/mol. The van der Waals surface area contributed by atoms with E-state index in [1.165, 1.54) is 7.05 Å². The zero-order valence-corrected chi connectivity index (χ0v) is 11.2. The summed E-state index contributed by atoms with van der Waals surface area (Å²) in [6, 6.07) is 0. The molecule has 0 bridgehead atoms. The van der Waals surface area contributed by atoms with E-state index in [-0.39, 0.29) is 18.4 Å². The van der Waals surface area contributed by atoms with Crippen molar-refractivity contribution in [3.63, 3.8) is 0 Å². The largest absolute Gasteiger partial charge is 0.277 e. The molecule has 0 aromatic carbocycles. The lowest BCUT2D eigenvalue weighted by Gasteiger charge is -2.13. The smallest absolute Gasteiger partial charge is 0.237 e. The maximum Gasteiger partial charge on any atom is 0.237 e. The molecule has 1 saturated heterocycles. The number of carbonyl (C=O) groups excluding carboxylic acids is 2. The highest BCUT2D eigenvalue weighted by Crippen LogP contribution is 2.32. The second-order valence-corrected chi connectivity index (χ2v) is 5.06. The molecule has 0 spiro atoms. The third-order valence-electron chi connectivity index (χ3n) is 3.82. The van der Waals surface area contributed by atoms with Gasteiger partial charge in [-0.25, -0.2) is 4.68 Å². The first-order valence-electron chi connectivity index (χ1n) is 6.39. The number of fused-ring (bicyclic) bond motifs is 1. The number of aryl methyl sites for hydroxylation is 2. The highest BCUT2D eigenvalue weighted by atomic mass is 19.1. The molecule has 1 aromatic rings. The van der Waals surface area contributed by atoms with Crippen LogP contribution in [0.4, 0.5) is 4.39 Å². The van der Waals surface area contributed by atoms with E-state index in [1.807, 2.05) is 0 Å². The Labute approximate surface area is 115 Å². The average Bonchev–Trinajstić information content (AvgIpc) is 2.82. The second-order valence-electron chi connectivity index (χ2n) is 5.06.